The van der Waals surface area contributed by atoms with Gasteiger partial charge >= 0.3 is 0 Å². The van der Waals surface area contributed by atoms with Gasteiger partial charge in [0, 0.05) is 5.56 Å². The minimum Gasteiger partial charge on any atom is -0.493 e. The van der Waals surface area contributed by atoms with Crippen molar-refractivity contribution in [2.45, 2.75) is 26.8 Å². The van der Waals surface area contributed by atoms with Crippen LogP contribution in [-0.4, -0.2) is 20.1 Å². The first-order chi connectivity index (χ1) is 11.0. The summed E-state index contributed by atoms with van der Waals surface area (Å²) in [5.74, 6) is 1.24. The van der Waals surface area contributed by atoms with Crippen molar-refractivity contribution in [2.24, 2.45) is 0 Å². The van der Waals surface area contributed by atoms with Crippen molar-refractivity contribution in [1.29, 1.82) is 0 Å². The molecular weight excluding hydrogens is 290 g/mol. The van der Waals surface area contributed by atoms with E-state index in [2.05, 4.69) is 5.32 Å². The minimum atomic E-state index is -0.136. The van der Waals surface area contributed by atoms with E-state index < -0.39 is 0 Å². The Morgan fingerprint density at radius 2 is 1.70 bits per heavy atom. The molecule has 1 N–H and O–H groups in total. The number of methoxy groups -OCH3 is 2. The SMILES string of the molecule is COc1ccc(C(C)NC(=O)c2ccc(C)cc2C)cc1OC. The first kappa shape index (κ1) is 16.9. The number of nitrogens with one attached hydrogen (secondary N) is 1. The van der Waals surface area contributed by atoms with E-state index >= 15 is 0 Å². The molecule has 0 saturated carbocycles. The van der Waals surface area contributed by atoms with Crippen LogP contribution in [-0.2, 0) is 0 Å². The van der Waals surface area contributed by atoms with Crippen molar-refractivity contribution in [3.63, 3.8) is 0 Å². The molecule has 2 rings (SSSR count). The second-order valence-corrected chi connectivity index (χ2v) is 5.63. The van der Waals surface area contributed by atoms with Crippen molar-refractivity contribution in [3.05, 3.63) is 58.7 Å². The normalized spacial score (nSPS) is 11.7. The van der Waals surface area contributed by atoms with Crippen LogP contribution in [0.5, 0.6) is 11.5 Å². The Hall–Kier alpha value is -2.49. The molecule has 0 radical (unpaired) electrons. The summed E-state index contributed by atoms with van der Waals surface area (Å²) in [5.41, 5.74) is 3.78. The zero-order valence-corrected chi connectivity index (χ0v) is 14.3. The van der Waals surface area contributed by atoms with E-state index in [1.807, 2.05) is 57.2 Å². The van der Waals surface area contributed by atoms with Gasteiger partial charge in [0.25, 0.3) is 5.91 Å². The Morgan fingerprint density at radius 3 is 2.30 bits per heavy atom. The second-order valence-electron chi connectivity index (χ2n) is 5.63. The van der Waals surface area contributed by atoms with Gasteiger partial charge in [-0.1, -0.05) is 23.8 Å². The van der Waals surface area contributed by atoms with Gasteiger partial charge in [0.2, 0.25) is 0 Å². The van der Waals surface area contributed by atoms with Crippen LogP contribution in [0.1, 0.15) is 40.0 Å². The van der Waals surface area contributed by atoms with Crippen molar-refractivity contribution >= 4 is 5.91 Å². The molecule has 1 amide bonds. The van der Waals surface area contributed by atoms with E-state index in [1.54, 1.807) is 14.2 Å². The number of amides is 1. The molecule has 0 bridgehead atoms. The zero-order chi connectivity index (χ0) is 17.0. The standard InChI is InChI=1S/C19H23NO3/c1-12-6-8-16(13(2)10-12)19(21)20-14(3)15-7-9-17(22-4)18(11-15)23-5/h6-11,14H,1-5H3,(H,20,21). The molecule has 122 valence electrons. The topological polar surface area (TPSA) is 47.6 Å². The zero-order valence-electron chi connectivity index (χ0n) is 14.3. The maximum atomic E-state index is 12.5. The summed E-state index contributed by atoms with van der Waals surface area (Å²) in [6, 6.07) is 11.3. The van der Waals surface area contributed by atoms with Gasteiger partial charge in [-0.2, -0.15) is 0 Å². The smallest absolute Gasteiger partial charge is 0.252 e. The van der Waals surface area contributed by atoms with Gasteiger partial charge in [0.1, 0.15) is 0 Å². The molecule has 23 heavy (non-hydrogen) atoms. The average Bonchev–Trinajstić information content (AvgIpc) is 2.53. The third-order valence-electron chi connectivity index (χ3n) is 3.88. The number of benzene rings is 2. The lowest BCUT2D eigenvalue weighted by Gasteiger charge is -2.17. The predicted molar refractivity (Wildman–Crippen MR) is 91.3 cm³/mol. The van der Waals surface area contributed by atoms with E-state index in [1.165, 1.54) is 0 Å². The maximum absolute atomic E-state index is 12.5. The number of carbonyl (C=O) groups excluding carboxylic acids is 1. The highest BCUT2D eigenvalue weighted by Gasteiger charge is 2.15. The molecule has 4 heteroatoms. The highest BCUT2D eigenvalue weighted by Crippen LogP contribution is 2.30. The Morgan fingerprint density at radius 1 is 1.00 bits per heavy atom. The van der Waals surface area contributed by atoms with Crippen molar-refractivity contribution < 1.29 is 14.3 Å². The molecule has 0 spiro atoms. The lowest BCUT2D eigenvalue weighted by atomic mass is 10.0. The molecule has 1 unspecified atom stereocenters. The van der Waals surface area contributed by atoms with Crippen molar-refractivity contribution in [2.75, 3.05) is 14.2 Å². The van der Waals surface area contributed by atoms with Gasteiger partial charge in [-0.05, 0) is 50.1 Å². The quantitative estimate of drug-likeness (QED) is 0.913. The average molecular weight is 313 g/mol. The van der Waals surface area contributed by atoms with E-state index in [4.69, 9.17) is 9.47 Å². The minimum absolute atomic E-state index is 0.0789. The third-order valence-corrected chi connectivity index (χ3v) is 3.88. The summed E-state index contributed by atoms with van der Waals surface area (Å²) in [5, 5.41) is 3.03. The summed E-state index contributed by atoms with van der Waals surface area (Å²) in [7, 11) is 3.20. The number of ether oxygens (including phenoxy) is 2. The van der Waals surface area contributed by atoms with Gasteiger partial charge in [-0.15, -0.1) is 0 Å². The lowest BCUT2D eigenvalue weighted by molar-refractivity contribution is 0.0939. The molecule has 0 aromatic heterocycles. The fourth-order valence-electron chi connectivity index (χ4n) is 2.55. The number of hydrogen-bond acceptors (Lipinski definition) is 3. The molecule has 0 heterocycles. The van der Waals surface area contributed by atoms with Crippen LogP contribution in [0, 0.1) is 13.8 Å². The molecule has 0 aliphatic carbocycles. The van der Waals surface area contributed by atoms with Crippen LogP contribution in [0.3, 0.4) is 0 Å². The summed E-state index contributed by atoms with van der Waals surface area (Å²) in [4.78, 5) is 12.5. The molecule has 2 aromatic rings. The van der Waals surface area contributed by atoms with E-state index in [0.717, 1.165) is 16.7 Å². The van der Waals surface area contributed by atoms with E-state index in [9.17, 15) is 4.79 Å². The molecule has 1 atom stereocenters. The van der Waals surface area contributed by atoms with Gasteiger partial charge in [-0.3, -0.25) is 4.79 Å². The summed E-state index contributed by atoms with van der Waals surface area (Å²) in [6.07, 6.45) is 0. The van der Waals surface area contributed by atoms with Crippen LogP contribution in [0.25, 0.3) is 0 Å². The molecule has 0 aliphatic heterocycles. The maximum Gasteiger partial charge on any atom is 0.252 e. The van der Waals surface area contributed by atoms with Crippen LogP contribution >= 0.6 is 0 Å². The fraction of sp³-hybridized carbons (Fsp3) is 0.316. The first-order valence-corrected chi connectivity index (χ1v) is 7.56. The fourth-order valence-corrected chi connectivity index (χ4v) is 2.55. The number of aryl methyl sites for hydroxylation is 2. The molecule has 0 fully saturated rings. The Labute approximate surface area is 137 Å². The van der Waals surface area contributed by atoms with Gasteiger partial charge in [-0.25, -0.2) is 0 Å². The number of hydrogen-bond donors (Lipinski definition) is 1. The van der Waals surface area contributed by atoms with Crippen molar-refractivity contribution in [1.82, 2.24) is 5.32 Å². The Bertz CT molecular complexity index is 710. The van der Waals surface area contributed by atoms with Crippen LogP contribution < -0.4 is 14.8 Å². The predicted octanol–water partition coefficient (Wildman–Crippen LogP) is 3.81. The van der Waals surface area contributed by atoms with Gasteiger partial charge in [0.05, 0.1) is 20.3 Å². The van der Waals surface area contributed by atoms with Crippen LogP contribution in [0.2, 0.25) is 0 Å². The van der Waals surface area contributed by atoms with Crippen molar-refractivity contribution in [3.8, 4) is 11.5 Å². The molecule has 2 aromatic carbocycles. The van der Waals surface area contributed by atoms with E-state index in [0.29, 0.717) is 17.1 Å². The van der Waals surface area contributed by atoms with E-state index in [-0.39, 0.29) is 11.9 Å². The van der Waals surface area contributed by atoms with Crippen LogP contribution in [0.4, 0.5) is 0 Å². The van der Waals surface area contributed by atoms with Gasteiger partial charge in [0.15, 0.2) is 11.5 Å². The monoisotopic (exact) mass is 313 g/mol. The third kappa shape index (κ3) is 3.83. The summed E-state index contributed by atoms with van der Waals surface area (Å²) >= 11 is 0. The molecular formula is C19H23NO3. The molecule has 4 nitrogen and oxygen atoms in total. The first-order valence-electron chi connectivity index (χ1n) is 7.56. The second kappa shape index (κ2) is 7.18. The Kier molecular flexibility index (Phi) is 5.27. The molecule has 0 saturated heterocycles. The van der Waals surface area contributed by atoms with Crippen LogP contribution in [0.15, 0.2) is 36.4 Å². The van der Waals surface area contributed by atoms with Gasteiger partial charge < -0.3 is 14.8 Å². The summed E-state index contributed by atoms with van der Waals surface area (Å²) < 4.78 is 10.5. The Balaban J connectivity index is 2.18. The largest absolute Gasteiger partial charge is 0.493 e. The lowest BCUT2D eigenvalue weighted by Crippen LogP contribution is -2.27. The highest BCUT2D eigenvalue weighted by atomic mass is 16.5. The highest BCUT2D eigenvalue weighted by molar-refractivity contribution is 5.95. The number of rotatable bonds is 5. The summed E-state index contributed by atoms with van der Waals surface area (Å²) in [6.45, 7) is 5.91. The molecule has 0 aliphatic rings. The number of carbonyl (C=O) groups is 1.